The van der Waals surface area contributed by atoms with Crippen molar-refractivity contribution in [2.75, 3.05) is 11.6 Å². The topological polar surface area (TPSA) is 94.8 Å². The van der Waals surface area contributed by atoms with Gasteiger partial charge in [0.05, 0.1) is 0 Å². The Kier molecular flexibility index (Phi) is 11.0. The molecule has 5 N–H and O–H groups in total. The molecule has 92 valence electrons. The molecule has 0 amide bonds. The van der Waals surface area contributed by atoms with Crippen LogP contribution in [-0.4, -0.2) is 22.4 Å². The third-order valence-electron chi connectivity index (χ3n) is 1.72. The number of hydrogen-bond donors (Lipinski definition) is 2. The number of nitrogen functional groups attached to an aromatic ring is 1. The average Bonchev–Trinajstić information content (AvgIpc) is 2.23. The van der Waals surface area contributed by atoms with Crippen molar-refractivity contribution in [1.29, 1.82) is 0 Å². The lowest BCUT2D eigenvalue weighted by Crippen LogP contribution is -1.93. The van der Waals surface area contributed by atoms with Crippen molar-refractivity contribution in [3.63, 3.8) is 0 Å². The molecule has 1 aromatic rings. The number of anilines is 1. The molecule has 0 atom stereocenters. The maximum absolute atomic E-state index is 9.37. The van der Waals surface area contributed by atoms with Crippen LogP contribution in [0.2, 0.25) is 0 Å². The van der Waals surface area contributed by atoms with Gasteiger partial charge in [-0.15, -0.1) is 11.6 Å². The predicted octanol–water partition coefficient (Wildman–Crippen LogP) is 1.71. The molecule has 0 fully saturated rings. The minimum Gasteiger partial charge on any atom is -0.481 e. The summed E-state index contributed by atoms with van der Waals surface area (Å²) < 4.78 is 0. The van der Waals surface area contributed by atoms with E-state index < -0.39 is 5.97 Å². The van der Waals surface area contributed by atoms with Gasteiger partial charge in [-0.2, -0.15) is 0 Å². The van der Waals surface area contributed by atoms with Crippen molar-refractivity contribution in [2.24, 2.45) is 0 Å². The number of halogens is 1. The number of aliphatic carboxylic acids is 1. The molecule has 1 rings (SSSR count). The molecule has 0 radical (unpaired) electrons. The van der Waals surface area contributed by atoms with Crippen LogP contribution in [-0.2, 0) is 11.2 Å². The van der Waals surface area contributed by atoms with E-state index in [0.29, 0.717) is 5.88 Å². The number of carboxylic acids is 1. The minimum absolute atomic E-state index is 0. The Balaban J connectivity index is 0. The van der Waals surface area contributed by atoms with Gasteiger partial charge < -0.3 is 16.3 Å². The van der Waals surface area contributed by atoms with Crippen molar-refractivity contribution in [3.8, 4) is 0 Å². The summed E-state index contributed by atoms with van der Waals surface area (Å²) in [5.41, 5.74) is 7.62. The van der Waals surface area contributed by atoms with Crippen LogP contribution in [0.5, 0.6) is 0 Å². The van der Waals surface area contributed by atoms with Gasteiger partial charge >= 0.3 is 5.97 Å². The Labute approximate surface area is 100 Å². The monoisotopic (exact) mass is 247 g/mol. The molecule has 0 aliphatic carbocycles. The van der Waals surface area contributed by atoms with E-state index in [1.165, 1.54) is 0 Å². The second kappa shape index (κ2) is 10.3. The Morgan fingerprint density at radius 2 is 1.94 bits per heavy atom. The van der Waals surface area contributed by atoms with Crippen LogP contribution < -0.4 is 5.73 Å². The summed E-state index contributed by atoms with van der Waals surface area (Å²) in [6.07, 6.45) is 1.08. The largest absolute Gasteiger partial charge is 0.481 e. The zero-order valence-electron chi connectivity index (χ0n) is 9.24. The fourth-order valence-corrected chi connectivity index (χ4v) is 1.07. The number of rotatable bonds is 3. The lowest BCUT2D eigenvalue weighted by molar-refractivity contribution is -0.136. The molecule has 0 saturated heterocycles. The summed E-state index contributed by atoms with van der Waals surface area (Å²) in [6.45, 7) is 1.60. The van der Waals surface area contributed by atoms with E-state index in [-0.39, 0.29) is 11.9 Å². The maximum Gasteiger partial charge on any atom is 0.303 e. The van der Waals surface area contributed by atoms with Crippen LogP contribution in [0, 0.1) is 0 Å². The summed E-state index contributed by atoms with van der Waals surface area (Å²) in [5.74, 6) is -0.112. The molecule has 0 aromatic heterocycles. The highest BCUT2D eigenvalue weighted by atomic mass is 35.5. The molecule has 0 saturated carbocycles. The first kappa shape index (κ1) is 17.1. The van der Waals surface area contributed by atoms with E-state index in [4.69, 9.17) is 22.4 Å². The van der Waals surface area contributed by atoms with E-state index in [2.05, 4.69) is 0 Å². The Morgan fingerprint density at radius 1 is 1.44 bits per heavy atom. The molecule has 0 heterocycles. The molecule has 0 aliphatic rings. The molecule has 0 unspecified atom stereocenters. The molecular formula is C11H18ClNO3. The summed E-state index contributed by atoms with van der Waals surface area (Å²) in [5, 5.41) is 7.72. The normalized spacial score (nSPS) is 8.38. The molecule has 16 heavy (non-hydrogen) atoms. The predicted molar refractivity (Wildman–Crippen MR) is 66.8 cm³/mol. The highest BCUT2D eigenvalue weighted by Crippen LogP contribution is 2.10. The minimum atomic E-state index is -0.745. The molecule has 5 heteroatoms. The number of alkyl halides is 1. The summed E-state index contributed by atoms with van der Waals surface area (Å²) >= 11 is 5.55. The first-order valence-corrected chi connectivity index (χ1v) is 5.26. The second-order valence-electron chi connectivity index (χ2n) is 2.89. The van der Waals surface area contributed by atoms with E-state index in [0.717, 1.165) is 17.7 Å². The lowest BCUT2D eigenvalue weighted by Gasteiger charge is -2.00. The van der Waals surface area contributed by atoms with Gasteiger partial charge in [-0.3, -0.25) is 4.79 Å². The Morgan fingerprint density at radius 3 is 2.31 bits per heavy atom. The fourth-order valence-electron chi connectivity index (χ4n) is 0.864. The smallest absolute Gasteiger partial charge is 0.303 e. The van der Waals surface area contributed by atoms with Gasteiger partial charge in [0.25, 0.3) is 0 Å². The van der Waals surface area contributed by atoms with Crippen molar-refractivity contribution >= 4 is 23.3 Å². The number of para-hydroxylation sites is 1. The molecule has 0 aliphatic heterocycles. The highest BCUT2D eigenvalue weighted by molar-refractivity contribution is 6.18. The van der Waals surface area contributed by atoms with Gasteiger partial charge in [-0.1, -0.05) is 25.1 Å². The zero-order chi connectivity index (χ0) is 11.7. The molecule has 4 nitrogen and oxygen atoms in total. The van der Waals surface area contributed by atoms with E-state index >= 15 is 0 Å². The van der Waals surface area contributed by atoms with Crippen molar-refractivity contribution in [2.45, 2.75) is 19.8 Å². The number of aryl methyl sites for hydroxylation is 1. The quantitative estimate of drug-likeness (QED) is 0.629. The van der Waals surface area contributed by atoms with Gasteiger partial charge in [-0.05, 0) is 18.1 Å². The average molecular weight is 248 g/mol. The van der Waals surface area contributed by atoms with Gasteiger partial charge in [-0.25, -0.2) is 0 Å². The van der Waals surface area contributed by atoms with Crippen molar-refractivity contribution in [1.82, 2.24) is 0 Å². The van der Waals surface area contributed by atoms with Crippen LogP contribution in [0.3, 0.4) is 0 Å². The molecule has 0 bridgehead atoms. The van der Waals surface area contributed by atoms with Gasteiger partial charge in [0.1, 0.15) is 0 Å². The van der Waals surface area contributed by atoms with E-state index in [1.807, 2.05) is 24.3 Å². The highest BCUT2D eigenvalue weighted by Gasteiger charge is 1.93. The van der Waals surface area contributed by atoms with Crippen molar-refractivity contribution < 1.29 is 15.4 Å². The lowest BCUT2D eigenvalue weighted by atomic mass is 10.1. The van der Waals surface area contributed by atoms with Crippen LogP contribution in [0.1, 0.15) is 18.9 Å². The third-order valence-corrected chi connectivity index (χ3v) is 1.91. The van der Waals surface area contributed by atoms with Gasteiger partial charge in [0.15, 0.2) is 0 Å². The van der Waals surface area contributed by atoms with E-state index in [1.54, 1.807) is 6.92 Å². The number of carboxylic acid groups (broad SMARTS) is 1. The summed E-state index contributed by atoms with van der Waals surface area (Å²) in [4.78, 5) is 9.37. The first-order chi connectivity index (χ1) is 7.11. The summed E-state index contributed by atoms with van der Waals surface area (Å²) in [7, 11) is 0. The summed E-state index contributed by atoms with van der Waals surface area (Å²) in [6, 6.07) is 7.78. The maximum atomic E-state index is 9.37. The first-order valence-electron chi connectivity index (χ1n) is 4.73. The number of hydrogen-bond acceptors (Lipinski definition) is 2. The van der Waals surface area contributed by atoms with Crippen LogP contribution in [0.15, 0.2) is 24.3 Å². The van der Waals surface area contributed by atoms with Crippen LogP contribution in [0.4, 0.5) is 5.69 Å². The number of nitrogens with two attached hydrogens (primary N) is 1. The van der Waals surface area contributed by atoms with E-state index in [9.17, 15) is 4.79 Å². The van der Waals surface area contributed by atoms with Crippen LogP contribution >= 0.6 is 11.6 Å². The second-order valence-corrected chi connectivity index (χ2v) is 3.26. The zero-order valence-corrected chi connectivity index (χ0v) is 10.00. The molecular weight excluding hydrogens is 230 g/mol. The SMILES string of the molecule is CCC(=O)O.Nc1ccccc1CCCl.O. The standard InChI is InChI=1S/C8H10ClN.C3H6O2.H2O/c9-6-5-7-3-1-2-4-8(7)10;1-2-3(4)5;/h1-4H,5-6,10H2;2H2,1H3,(H,4,5);1H2. The van der Waals surface area contributed by atoms with Crippen LogP contribution in [0.25, 0.3) is 0 Å². The van der Waals surface area contributed by atoms with Crippen molar-refractivity contribution in [3.05, 3.63) is 29.8 Å². The fraction of sp³-hybridized carbons (Fsp3) is 0.364. The molecule has 1 aromatic carbocycles. The number of benzene rings is 1. The molecule has 0 spiro atoms. The number of carbonyl (C=O) groups is 1. The Hall–Kier alpha value is -1.26. The van der Waals surface area contributed by atoms with Gasteiger partial charge in [0, 0.05) is 18.0 Å². The Bertz CT molecular complexity index is 305. The van der Waals surface area contributed by atoms with Gasteiger partial charge in [0.2, 0.25) is 0 Å². The third kappa shape index (κ3) is 8.08.